The number of carbonyl (C=O) groups excluding carboxylic acids is 1. The SMILES string of the molecule is CC1CCN(CC(=O)NC(C)c2cccs2)C(C(=O)O)C1. The third-order valence-corrected chi connectivity index (χ3v) is 5.01. The minimum Gasteiger partial charge on any atom is -0.480 e. The van der Waals surface area contributed by atoms with E-state index in [1.54, 1.807) is 16.2 Å². The lowest BCUT2D eigenvalue weighted by molar-refractivity contribution is -0.146. The number of carboxylic acid groups (broad SMARTS) is 1. The largest absolute Gasteiger partial charge is 0.480 e. The Hall–Kier alpha value is -1.40. The molecule has 1 aliphatic rings. The van der Waals surface area contributed by atoms with Crippen LogP contribution in [0.1, 0.15) is 37.6 Å². The molecular weight excluding hydrogens is 288 g/mol. The van der Waals surface area contributed by atoms with E-state index in [4.69, 9.17) is 0 Å². The first-order valence-electron chi connectivity index (χ1n) is 7.27. The van der Waals surface area contributed by atoms with Crippen molar-refractivity contribution < 1.29 is 14.7 Å². The Balaban J connectivity index is 1.90. The van der Waals surface area contributed by atoms with Crippen LogP contribution in [-0.2, 0) is 9.59 Å². The number of carboxylic acids is 1. The number of nitrogens with one attached hydrogen (secondary N) is 1. The van der Waals surface area contributed by atoms with Gasteiger partial charge in [0.15, 0.2) is 0 Å². The lowest BCUT2D eigenvalue weighted by Gasteiger charge is -2.35. The van der Waals surface area contributed by atoms with Crippen LogP contribution in [0.25, 0.3) is 0 Å². The minimum atomic E-state index is -0.833. The van der Waals surface area contributed by atoms with Gasteiger partial charge in [0.25, 0.3) is 0 Å². The third-order valence-electron chi connectivity index (χ3n) is 3.95. The summed E-state index contributed by atoms with van der Waals surface area (Å²) in [5.74, 6) is -0.548. The Morgan fingerprint density at radius 2 is 2.33 bits per heavy atom. The highest BCUT2D eigenvalue weighted by Gasteiger charge is 2.32. The lowest BCUT2D eigenvalue weighted by atomic mass is 9.92. The van der Waals surface area contributed by atoms with Gasteiger partial charge in [-0.15, -0.1) is 11.3 Å². The maximum atomic E-state index is 12.1. The van der Waals surface area contributed by atoms with Crippen molar-refractivity contribution in [3.05, 3.63) is 22.4 Å². The Bertz CT molecular complexity index is 489. The molecule has 6 heteroatoms. The molecule has 116 valence electrons. The van der Waals surface area contributed by atoms with E-state index in [1.165, 1.54) is 0 Å². The fraction of sp³-hybridized carbons (Fsp3) is 0.600. The van der Waals surface area contributed by atoms with Crippen molar-refractivity contribution >= 4 is 23.2 Å². The second-order valence-electron chi connectivity index (χ2n) is 5.76. The van der Waals surface area contributed by atoms with Crippen LogP contribution in [0.2, 0.25) is 0 Å². The Kier molecular flexibility index (Phi) is 5.36. The summed E-state index contributed by atoms with van der Waals surface area (Å²) in [6, 6.07) is 3.36. The predicted octanol–water partition coefficient (Wildman–Crippen LogP) is 2.11. The molecule has 2 N–H and O–H groups in total. The molecule has 1 amide bonds. The number of hydrogen-bond donors (Lipinski definition) is 2. The lowest BCUT2D eigenvalue weighted by Crippen LogP contribution is -2.50. The fourth-order valence-corrected chi connectivity index (χ4v) is 3.45. The van der Waals surface area contributed by atoms with Crippen molar-refractivity contribution in [3.8, 4) is 0 Å². The molecule has 1 fully saturated rings. The number of likely N-dealkylation sites (tertiary alicyclic amines) is 1. The van der Waals surface area contributed by atoms with Crippen LogP contribution in [-0.4, -0.2) is 41.0 Å². The number of hydrogen-bond acceptors (Lipinski definition) is 4. The van der Waals surface area contributed by atoms with Crippen LogP contribution in [0.5, 0.6) is 0 Å². The van der Waals surface area contributed by atoms with Crippen molar-refractivity contribution in [2.24, 2.45) is 5.92 Å². The van der Waals surface area contributed by atoms with Gasteiger partial charge in [-0.05, 0) is 43.7 Å². The predicted molar refractivity (Wildman–Crippen MR) is 82.3 cm³/mol. The Morgan fingerprint density at radius 1 is 1.57 bits per heavy atom. The van der Waals surface area contributed by atoms with Crippen molar-refractivity contribution in [2.45, 2.75) is 38.8 Å². The van der Waals surface area contributed by atoms with Gasteiger partial charge in [0.1, 0.15) is 6.04 Å². The molecule has 0 aromatic carbocycles. The smallest absolute Gasteiger partial charge is 0.320 e. The fourth-order valence-electron chi connectivity index (χ4n) is 2.72. The molecular formula is C15H22N2O3S. The van der Waals surface area contributed by atoms with E-state index in [9.17, 15) is 14.7 Å². The van der Waals surface area contributed by atoms with Gasteiger partial charge in [0.05, 0.1) is 12.6 Å². The van der Waals surface area contributed by atoms with Gasteiger partial charge in [0, 0.05) is 4.88 Å². The summed E-state index contributed by atoms with van der Waals surface area (Å²) in [6.07, 6.45) is 1.56. The highest BCUT2D eigenvalue weighted by atomic mass is 32.1. The first kappa shape index (κ1) is 16.0. The van der Waals surface area contributed by atoms with E-state index in [0.29, 0.717) is 18.9 Å². The molecule has 1 saturated heterocycles. The molecule has 21 heavy (non-hydrogen) atoms. The third kappa shape index (κ3) is 4.28. The summed E-state index contributed by atoms with van der Waals surface area (Å²) < 4.78 is 0. The molecule has 3 unspecified atom stereocenters. The van der Waals surface area contributed by atoms with Crippen molar-refractivity contribution in [2.75, 3.05) is 13.1 Å². The van der Waals surface area contributed by atoms with Gasteiger partial charge in [-0.1, -0.05) is 13.0 Å². The molecule has 1 aromatic heterocycles. The Morgan fingerprint density at radius 3 is 2.95 bits per heavy atom. The van der Waals surface area contributed by atoms with E-state index >= 15 is 0 Å². The Labute approximate surface area is 129 Å². The van der Waals surface area contributed by atoms with Crippen molar-refractivity contribution in [3.63, 3.8) is 0 Å². The van der Waals surface area contributed by atoms with Crippen LogP contribution in [0.4, 0.5) is 0 Å². The quantitative estimate of drug-likeness (QED) is 0.874. The van der Waals surface area contributed by atoms with Crippen LogP contribution in [0.3, 0.4) is 0 Å². The molecule has 0 aliphatic carbocycles. The van der Waals surface area contributed by atoms with E-state index < -0.39 is 12.0 Å². The summed E-state index contributed by atoms with van der Waals surface area (Å²) in [7, 11) is 0. The zero-order chi connectivity index (χ0) is 15.4. The number of rotatable bonds is 5. The summed E-state index contributed by atoms with van der Waals surface area (Å²) in [4.78, 5) is 26.3. The summed E-state index contributed by atoms with van der Waals surface area (Å²) >= 11 is 1.60. The molecule has 0 spiro atoms. The second-order valence-corrected chi connectivity index (χ2v) is 6.74. The van der Waals surface area contributed by atoms with E-state index in [-0.39, 0.29) is 18.5 Å². The van der Waals surface area contributed by atoms with Crippen LogP contribution in [0.15, 0.2) is 17.5 Å². The van der Waals surface area contributed by atoms with E-state index in [1.807, 2.05) is 24.4 Å². The topological polar surface area (TPSA) is 69.6 Å². The van der Waals surface area contributed by atoms with Gasteiger partial charge in [0.2, 0.25) is 5.91 Å². The first-order chi connectivity index (χ1) is 9.97. The molecule has 1 aromatic rings. The second kappa shape index (κ2) is 7.04. The molecule has 0 radical (unpaired) electrons. The molecule has 2 heterocycles. The van der Waals surface area contributed by atoms with Gasteiger partial charge < -0.3 is 10.4 Å². The maximum Gasteiger partial charge on any atom is 0.320 e. The maximum absolute atomic E-state index is 12.1. The van der Waals surface area contributed by atoms with Gasteiger partial charge >= 0.3 is 5.97 Å². The van der Waals surface area contributed by atoms with Crippen molar-refractivity contribution in [1.29, 1.82) is 0 Å². The molecule has 0 saturated carbocycles. The number of aliphatic carboxylic acids is 1. The van der Waals surface area contributed by atoms with Gasteiger partial charge in [-0.25, -0.2) is 0 Å². The number of amides is 1. The summed E-state index contributed by atoms with van der Waals surface area (Å²) in [5.41, 5.74) is 0. The van der Waals surface area contributed by atoms with Gasteiger partial charge in [-0.3, -0.25) is 14.5 Å². The highest BCUT2D eigenvalue weighted by Crippen LogP contribution is 2.23. The van der Waals surface area contributed by atoms with Crippen LogP contribution < -0.4 is 5.32 Å². The number of piperidine rings is 1. The zero-order valence-electron chi connectivity index (χ0n) is 12.4. The molecule has 5 nitrogen and oxygen atoms in total. The summed E-state index contributed by atoms with van der Waals surface area (Å²) in [5, 5.41) is 14.2. The average Bonchev–Trinajstić information content (AvgIpc) is 2.94. The normalized spacial score (nSPS) is 24.5. The molecule has 1 aliphatic heterocycles. The first-order valence-corrected chi connectivity index (χ1v) is 8.15. The standard InChI is InChI=1S/C15H22N2O3S/c1-10-5-6-17(12(8-10)15(19)20)9-14(18)16-11(2)13-4-3-7-21-13/h3-4,7,10-12H,5-6,8-9H2,1-2H3,(H,16,18)(H,19,20). The minimum absolute atomic E-state index is 0.0375. The van der Waals surface area contributed by atoms with E-state index in [0.717, 1.165) is 11.3 Å². The monoisotopic (exact) mass is 310 g/mol. The average molecular weight is 310 g/mol. The molecule has 2 rings (SSSR count). The number of carbonyl (C=O) groups is 2. The zero-order valence-corrected chi connectivity index (χ0v) is 13.2. The van der Waals surface area contributed by atoms with Crippen LogP contribution >= 0.6 is 11.3 Å². The molecule has 0 bridgehead atoms. The number of thiophene rings is 1. The van der Waals surface area contributed by atoms with E-state index in [2.05, 4.69) is 12.2 Å². The van der Waals surface area contributed by atoms with Crippen LogP contribution in [0, 0.1) is 5.92 Å². The highest BCUT2D eigenvalue weighted by molar-refractivity contribution is 7.10. The summed E-state index contributed by atoms with van der Waals surface area (Å²) in [6.45, 7) is 4.82. The van der Waals surface area contributed by atoms with Gasteiger partial charge in [-0.2, -0.15) is 0 Å². The number of nitrogens with zero attached hydrogens (tertiary/aromatic N) is 1. The molecule has 3 atom stereocenters. The van der Waals surface area contributed by atoms with Crippen molar-refractivity contribution in [1.82, 2.24) is 10.2 Å².